The molecule has 0 spiro atoms. The molecule has 0 aliphatic rings. The number of rotatable bonds is 6. The van der Waals surface area contributed by atoms with E-state index in [0.717, 1.165) is 4.90 Å². The number of nitrogens with zero attached hydrogens (tertiary/aromatic N) is 1. The van der Waals surface area contributed by atoms with Gasteiger partial charge in [-0.3, -0.25) is 14.4 Å². The van der Waals surface area contributed by atoms with Crippen molar-refractivity contribution in [3.63, 3.8) is 0 Å². The van der Waals surface area contributed by atoms with E-state index >= 15 is 0 Å². The summed E-state index contributed by atoms with van der Waals surface area (Å²) in [5, 5.41) is 17.1. The molecular formula is C10H11NO6. The molecule has 0 unspecified atom stereocenters. The van der Waals surface area contributed by atoms with Crippen LogP contribution in [0.5, 0.6) is 0 Å². The summed E-state index contributed by atoms with van der Waals surface area (Å²) in [5.41, 5.74) is 0. The zero-order valence-corrected chi connectivity index (χ0v) is 8.83. The Labute approximate surface area is 96.2 Å². The molecule has 1 aromatic heterocycles. The largest absolute Gasteiger partial charge is 0.481 e. The first-order valence-corrected chi connectivity index (χ1v) is 4.77. The lowest BCUT2D eigenvalue weighted by Crippen LogP contribution is -2.37. The maximum Gasteiger partial charge on any atom is 0.323 e. The lowest BCUT2D eigenvalue weighted by Gasteiger charge is -2.18. The van der Waals surface area contributed by atoms with Crippen LogP contribution in [0.3, 0.4) is 0 Å². The molecule has 17 heavy (non-hydrogen) atoms. The van der Waals surface area contributed by atoms with Crippen LogP contribution < -0.4 is 0 Å². The van der Waals surface area contributed by atoms with Crippen LogP contribution >= 0.6 is 0 Å². The minimum atomic E-state index is -1.21. The topological polar surface area (TPSA) is 108 Å². The van der Waals surface area contributed by atoms with Crippen LogP contribution in [0.4, 0.5) is 0 Å². The normalized spacial score (nSPS) is 9.88. The summed E-state index contributed by atoms with van der Waals surface area (Å²) in [6, 6.07) is 2.88. The Bertz CT molecular complexity index is 410. The second kappa shape index (κ2) is 5.69. The van der Waals surface area contributed by atoms with E-state index in [1.165, 1.54) is 18.4 Å². The molecular weight excluding hydrogens is 230 g/mol. The molecule has 1 heterocycles. The number of hydrogen-bond acceptors (Lipinski definition) is 4. The summed E-state index contributed by atoms with van der Waals surface area (Å²) < 4.78 is 4.83. The summed E-state index contributed by atoms with van der Waals surface area (Å²) in [7, 11) is 0. The van der Waals surface area contributed by atoms with Crippen LogP contribution in [-0.2, 0) is 9.59 Å². The number of furan rings is 1. The third-order valence-corrected chi connectivity index (χ3v) is 1.94. The van der Waals surface area contributed by atoms with Crippen molar-refractivity contribution >= 4 is 17.8 Å². The van der Waals surface area contributed by atoms with E-state index in [9.17, 15) is 14.4 Å². The van der Waals surface area contributed by atoms with Crippen LogP contribution in [-0.4, -0.2) is 46.0 Å². The van der Waals surface area contributed by atoms with Gasteiger partial charge in [0.2, 0.25) is 0 Å². The Balaban J connectivity index is 2.71. The van der Waals surface area contributed by atoms with E-state index in [1.54, 1.807) is 0 Å². The van der Waals surface area contributed by atoms with E-state index in [2.05, 4.69) is 0 Å². The van der Waals surface area contributed by atoms with E-state index < -0.39 is 24.4 Å². The van der Waals surface area contributed by atoms with Gasteiger partial charge in [0.05, 0.1) is 12.7 Å². The van der Waals surface area contributed by atoms with Gasteiger partial charge >= 0.3 is 11.9 Å². The van der Waals surface area contributed by atoms with Gasteiger partial charge < -0.3 is 19.5 Å². The second-order valence-corrected chi connectivity index (χ2v) is 3.24. The van der Waals surface area contributed by atoms with E-state index in [-0.39, 0.29) is 18.7 Å². The van der Waals surface area contributed by atoms with E-state index in [4.69, 9.17) is 14.6 Å². The molecule has 92 valence electrons. The Morgan fingerprint density at radius 3 is 2.41 bits per heavy atom. The number of carbonyl (C=O) groups is 3. The monoisotopic (exact) mass is 241 g/mol. The van der Waals surface area contributed by atoms with Gasteiger partial charge in [-0.2, -0.15) is 0 Å². The first kappa shape index (κ1) is 12.8. The molecule has 0 saturated heterocycles. The van der Waals surface area contributed by atoms with Gasteiger partial charge in [0.15, 0.2) is 5.76 Å². The van der Waals surface area contributed by atoms with Crippen molar-refractivity contribution in [2.75, 3.05) is 13.1 Å². The van der Waals surface area contributed by atoms with Crippen LogP contribution in [0.15, 0.2) is 22.8 Å². The second-order valence-electron chi connectivity index (χ2n) is 3.24. The first-order valence-electron chi connectivity index (χ1n) is 4.77. The minimum absolute atomic E-state index is 0.0170. The number of carboxylic acid groups (broad SMARTS) is 2. The van der Waals surface area contributed by atoms with Gasteiger partial charge in [0.1, 0.15) is 6.54 Å². The van der Waals surface area contributed by atoms with E-state index in [1.807, 2.05) is 0 Å². The molecule has 0 aliphatic carbocycles. The Kier molecular flexibility index (Phi) is 4.27. The van der Waals surface area contributed by atoms with Crippen molar-refractivity contribution < 1.29 is 29.0 Å². The molecule has 0 radical (unpaired) electrons. The fourth-order valence-electron chi connectivity index (χ4n) is 1.20. The predicted molar refractivity (Wildman–Crippen MR) is 54.5 cm³/mol. The molecule has 0 aliphatic heterocycles. The van der Waals surface area contributed by atoms with Crippen LogP contribution in [0.25, 0.3) is 0 Å². The highest BCUT2D eigenvalue weighted by Crippen LogP contribution is 2.06. The van der Waals surface area contributed by atoms with Gasteiger partial charge in [-0.1, -0.05) is 0 Å². The van der Waals surface area contributed by atoms with Gasteiger partial charge in [0.25, 0.3) is 5.91 Å². The molecule has 0 atom stereocenters. The Hall–Kier alpha value is -2.31. The van der Waals surface area contributed by atoms with Gasteiger partial charge in [-0.25, -0.2) is 0 Å². The Morgan fingerprint density at radius 1 is 1.24 bits per heavy atom. The molecule has 1 amide bonds. The van der Waals surface area contributed by atoms with Crippen molar-refractivity contribution in [3.8, 4) is 0 Å². The number of amides is 1. The van der Waals surface area contributed by atoms with Crippen LogP contribution in [0, 0.1) is 0 Å². The maximum atomic E-state index is 11.7. The number of aliphatic carboxylic acids is 2. The minimum Gasteiger partial charge on any atom is -0.481 e. The van der Waals surface area contributed by atoms with Gasteiger partial charge in [0, 0.05) is 6.54 Å². The van der Waals surface area contributed by atoms with E-state index in [0.29, 0.717) is 0 Å². The Morgan fingerprint density at radius 2 is 1.94 bits per heavy atom. The lowest BCUT2D eigenvalue weighted by atomic mass is 10.3. The standard InChI is InChI=1S/C10H11NO6/c12-8(13)3-4-11(6-9(14)15)10(16)7-2-1-5-17-7/h1-2,5H,3-4,6H2,(H,12,13)(H,14,15). The highest BCUT2D eigenvalue weighted by Gasteiger charge is 2.21. The molecule has 1 rings (SSSR count). The lowest BCUT2D eigenvalue weighted by molar-refractivity contribution is -0.140. The molecule has 0 fully saturated rings. The van der Waals surface area contributed by atoms with Gasteiger partial charge in [-0.15, -0.1) is 0 Å². The molecule has 0 bridgehead atoms. The smallest absolute Gasteiger partial charge is 0.323 e. The fraction of sp³-hybridized carbons (Fsp3) is 0.300. The zero-order chi connectivity index (χ0) is 12.8. The highest BCUT2D eigenvalue weighted by molar-refractivity contribution is 5.93. The summed E-state index contributed by atoms with van der Waals surface area (Å²) in [6.45, 7) is -0.742. The summed E-state index contributed by atoms with van der Waals surface area (Å²) in [5.74, 6) is -2.97. The molecule has 2 N–H and O–H groups in total. The van der Waals surface area contributed by atoms with Gasteiger partial charge in [-0.05, 0) is 12.1 Å². The number of hydrogen-bond donors (Lipinski definition) is 2. The molecule has 7 nitrogen and oxygen atoms in total. The van der Waals surface area contributed by atoms with Crippen LogP contribution in [0.2, 0.25) is 0 Å². The quantitative estimate of drug-likeness (QED) is 0.740. The molecule has 0 aromatic carbocycles. The average Bonchev–Trinajstić information content (AvgIpc) is 2.75. The molecule has 7 heteroatoms. The predicted octanol–water partition coefficient (Wildman–Crippen LogP) is 0.281. The first-order chi connectivity index (χ1) is 8.00. The molecule has 0 saturated carbocycles. The fourth-order valence-corrected chi connectivity index (χ4v) is 1.20. The maximum absolute atomic E-state index is 11.7. The number of carboxylic acids is 2. The summed E-state index contributed by atoms with van der Waals surface area (Å²) in [6.07, 6.45) is 0.961. The molecule has 1 aromatic rings. The third kappa shape index (κ3) is 3.98. The van der Waals surface area contributed by atoms with Crippen molar-refractivity contribution in [1.82, 2.24) is 4.90 Å². The van der Waals surface area contributed by atoms with Crippen LogP contribution in [0.1, 0.15) is 17.0 Å². The third-order valence-electron chi connectivity index (χ3n) is 1.94. The average molecular weight is 241 g/mol. The zero-order valence-electron chi connectivity index (χ0n) is 8.83. The van der Waals surface area contributed by atoms with Crippen molar-refractivity contribution in [2.24, 2.45) is 0 Å². The highest BCUT2D eigenvalue weighted by atomic mass is 16.4. The van der Waals surface area contributed by atoms with Crippen molar-refractivity contribution in [3.05, 3.63) is 24.2 Å². The summed E-state index contributed by atoms with van der Waals surface area (Å²) >= 11 is 0. The number of carbonyl (C=O) groups excluding carboxylic acids is 1. The van der Waals surface area contributed by atoms with Crippen molar-refractivity contribution in [1.29, 1.82) is 0 Å². The SMILES string of the molecule is O=C(O)CCN(CC(=O)O)C(=O)c1ccco1. The summed E-state index contributed by atoms with van der Waals surface area (Å²) in [4.78, 5) is 33.6. The van der Waals surface area contributed by atoms with Crippen molar-refractivity contribution in [2.45, 2.75) is 6.42 Å².